The van der Waals surface area contributed by atoms with Gasteiger partial charge >= 0.3 is 0 Å². The molecule has 1 saturated heterocycles. The number of hydrogen-bond acceptors (Lipinski definition) is 5. The Morgan fingerprint density at radius 2 is 2.23 bits per heavy atom. The van der Waals surface area contributed by atoms with Crippen molar-refractivity contribution in [1.82, 2.24) is 19.4 Å². The van der Waals surface area contributed by atoms with Gasteiger partial charge in [-0.3, -0.25) is 9.69 Å². The second-order valence-electron chi connectivity index (χ2n) is 7.25. The van der Waals surface area contributed by atoms with Crippen LogP contribution in [0.4, 0.5) is 0 Å². The van der Waals surface area contributed by atoms with Crippen molar-refractivity contribution < 1.29 is 9.53 Å². The fourth-order valence-corrected chi connectivity index (χ4v) is 4.77. The van der Waals surface area contributed by atoms with Crippen molar-refractivity contribution in [2.75, 3.05) is 32.8 Å². The number of fused-ring (bicyclic) bond motifs is 1. The van der Waals surface area contributed by atoms with Gasteiger partial charge in [0.1, 0.15) is 6.61 Å². The molecular formula is C19H26N4O2S. The molecule has 0 unspecified atom stereocenters. The summed E-state index contributed by atoms with van der Waals surface area (Å²) < 4.78 is 8.02. The zero-order chi connectivity index (χ0) is 17.9. The molecule has 2 aromatic heterocycles. The monoisotopic (exact) mass is 374 g/mol. The van der Waals surface area contributed by atoms with Gasteiger partial charge in [-0.05, 0) is 36.8 Å². The minimum absolute atomic E-state index is 0.121. The fourth-order valence-electron chi connectivity index (χ4n) is 3.83. The van der Waals surface area contributed by atoms with Crippen molar-refractivity contribution in [3.05, 3.63) is 40.1 Å². The van der Waals surface area contributed by atoms with Crippen molar-refractivity contribution >= 4 is 17.2 Å². The average molecular weight is 375 g/mol. The van der Waals surface area contributed by atoms with E-state index >= 15 is 0 Å². The minimum atomic E-state index is 0.121. The first kappa shape index (κ1) is 17.7. The average Bonchev–Trinajstić information content (AvgIpc) is 3.37. The molecule has 6 nitrogen and oxygen atoms in total. The van der Waals surface area contributed by atoms with Gasteiger partial charge in [-0.1, -0.05) is 0 Å². The van der Waals surface area contributed by atoms with E-state index in [1.165, 1.54) is 16.1 Å². The Morgan fingerprint density at radius 3 is 3.00 bits per heavy atom. The Morgan fingerprint density at radius 1 is 1.38 bits per heavy atom. The normalized spacial score (nSPS) is 20.5. The number of amides is 1. The number of ether oxygens (including phenoxy) is 1. The lowest BCUT2D eigenvalue weighted by Crippen LogP contribution is -2.39. The topological polar surface area (TPSA) is 50.6 Å². The number of hydrogen-bond donors (Lipinski definition) is 0. The van der Waals surface area contributed by atoms with Gasteiger partial charge in [-0.2, -0.15) is 0 Å². The van der Waals surface area contributed by atoms with Crippen LogP contribution < -0.4 is 0 Å². The Bertz CT molecular complexity index is 750. The molecule has 4 heterocycles. The Labute approximate surface area is 158 Å². The molecule has 0 bridgehead atoms. The second kappa shape index (κ2) is 7.90. The molecule has 7 heteroatoms. The number of likely N-dealkylation sites (tertiary alicyclic amines) is 1. The first-order chi connectivity index (χ1) is 12.7. The van der Waals surface area contributed by atoms with Gasteiger partial charge in [0.05, 0.1) is 24.7 Å². The minimum Gasteiger partial charge on any atom is -0.369 e. The maximum atomic E-state index is 12.2. The lowest BCUT2D eigenvalue weighted by atomic mass is 10.2. The van der Waals surface area contributed by atoms with Crippen LogP contribution in [0.3, 0.4) is 0 Å². The molecule has 1 amide bonds. The van der Waals surface area contributed by atoms with Crippen LogP contribution in [-0.2, 0) is 22.6 Å². The summed E-state index contributed by atoms with van der Waals surface area (Å²) in [6.45, 7) is 7.44. The molecule has 4 rings (SSSR count). The van der Waals surface area contributed by atoms with E-state index in [1.54, 1.807) is 0 Å². The quantitative estimate of drug-likeness (QED) is 0.779. The summed E-state index contributed by atoms with van der Waals surface area (Å²) >= 11 is 1.82. The highest BCUT2D eigenvalue weighted by Crippen LogP contribution is 2.25. The largest absolute Gasteiger partial charge is 0.369 e. The molecule has 26 heavy (non-hydrogen) atoms. The summed E-state index contributed by atoms with van der Waals surface area (Å²) in [4.78, 5) is 22.3. The molecule has 0 spiro atoms. The van der Waals surface area contributed by atoms with Crippen LogP contribution in [0.5, 0.6) is 0 Å². The van der Waals surface area contributed by atoms with Crippen LogP contribution >= 0.6 is 11.3 Å². The van der Waals surface area contributed by atoms with Crippen molar-refractivity contribution in [1.29, 1.82) is 0 Å². The molecule has 0 aliphatic carbocycles. The first-order valence-corrected chi connectivity index (χ1v) is 10.2. The van der Waals surface area contributed by atoms with Gasteiger partial charge in [0.2, 0.25) is 5.91 Å². The highest BCUT2D eigenvalue weighted by molar-refractivity contribution is 7.10. The third-order valence-electron chi connectivity index (χ3n) is 5.32. The molecule has 0 radical (unpaired) electrons. The summed E-state index contributed by atoms with van der Waals surface area (Å²) in [5, 5.41) is 2.16. The SMILES string of the molecule is Cc1ccsc1CN1Cc2cncn2[C@H](COCC(=O)N2CCCC2)C1. The molecule has 0 saturated carbocycles. The first-order valence-electron chi connectivity index (χ1n) is 9.32. The fraction of sp³-hybridized carbons (Fsp3) is 0.579. The van der Waals surface area contributed by atoms with Crippen LogP contribution in [0.1, 0.15) is 35.0 Å². The molecule has 0 N–H and O–H groups in total. The van der Waals surface area contributed by atoms with Crippen LogP contribution in [0.25, 0.3) is 0 Å². The standard InChI is InChI=1S/C19H26N4O2S/c1-15-4-7-26-18(15)11-21-9-16-8-20-14-23(16)17(10-21)12-25-13-19(24)22-5-2-3-6-22/h4,7-8,14,17H,2-3,5-6,9-13H2,1H3/t17-/m0/s1. The van der Waals surface area contributed by atoms with Gasteiger partial charge in [0.15, 0.2) is 0 Å². The van der Waals surface area contributed by atoms with Crippen LogP contribution in [0.2, 0.25) is 0 Å². The highest BCUT2D eigenvalue weighted by atomic mass is 32.1. The van der Waals surface area contributed by atoms with Crippen molar-refractivity contribution in [3.63, 3.8) is 0 Å². The van der Waals surface area contributed by atoms with Crippen LogP contribution in [0, 0.1) is 6.92 Å². The summed E-state index contributed by atoms with van der Waals surface area (Å²) in [5.74, 6) is 0.121. The lowest BCUT2D eigenvalue weighted by molar-refractivity contribution is -0.135. The van der Waals surface area contributed by atoms with E-state index in [2.05, 4.69) is 32.8 Å². The van der Waals surface area contributed by atoms with Crippen molar-refractivity contribution in [2.24, 2.45) is 0 Å². The summed E-state index contributed by atoms with van der Waals surface area (Å²) in [7, 11) is 0. The smallest absolute Gasteiger partial charge is 0.248 e. The molecule has 140 valence electrons. The zero-order valence-electron chi connectivity index (χ0n) is 15.3. The van der Waals surface area contributed by atoms with E-state index in [1.807, 2.05) is 28.8 Å². The molecule has 2 aliphatic heterocycles. The zero-order valence-corrected chi connectivity index (χ0v) is 16.1. The third-order valence-corrected chi connectivity index (χ3v) is 6.33. The lowest BCUT2D eigenvalue weighted by Gasteiger charge is -2.34. The van der Waals surface area contributed by atoms with Crippen LogP contribution in [-0.4, -0.2) is 58.1 Å². The van der Waals surface area contributed by atoms with Gasteiger partial charge < -0.3 is 14.2 Å². The molecule has 0 aromatic carbocycles. The van der Waals surface area contributed by atoms with Gasteiger partial charge in [-0.25, -0.2) is 4.98 Å². The number of carbonyl (C=O) groups excluding carboxylic acids is 1. The predicted molar refractivity (Wildman–Crippen MR) is 101 cm³/mol. The number of imidazole rings is 1. The van der Waals surface area contributed by atoms with E-state index in [9.17, 15) is 4.79 Å². The molecule has 1 atom stereocenters. The van der Waals surface area contributed by atoms with Crippen molar-refractivity contribution in [3.8, 4) is 0 Å². The summed E-state index contributed by atoms with van der Waals surface area (Å²) in [6, 6.07) is 2.38. The molecule has 2 aliphatic rings. The van der Waals surface area contributed by atoms with E-state index in [0.29, 0.717) is 6.61 Å². The summed E-state index contributed by atoms with van der Waals surface area (Å²) in [5.41, 5.74) is 2.57. The Kier molecular flexibility index (Phi) is 5.38. The van der Waals surface area contributed by atoms with E-state index in [4.69, 9.17) is 4.74 Å². The Hall–Kier alpha value is -1.70. The number of rotatable bonds is 6. The van der Waals surface area contributed by atoms with E-state index in [0.717, 1.165) is 45.6 Å². The van der Waals surface area contributed by atoms with Gasteiger partial charge in [-0.15, -0.1) is 11.3 Å². The number of nitrogens with zero attached hydrogens (tertiary/aromatic N) is 4. The maximum Gasteiger partial charge on any atom is 0.248 e. The number of thiophene rings is 1. The van der Waals surface area contributed by atoms with E-state index < -0.39 is 0 Å². The maximum absolute atomic E-state index is 12.2. The number of aryl methyl sites for hydroxylation is 1. The molecule has 2 aromatic rings. The van der Waals surface area contributed by atoms with Gasteiger partial charge in [0, 0.05) is 43.8 Å². The second-order valence-corrected chi connectivity index (χ2v) is 8.25. The van der Waals surface area contributed by atoms with Crippen LogP contribution in [0.15, 0.2) is 24.0 Å². The highest BCUT2D eigenvalue weighted by Gasteiger charge is 2.26. The number of aromatic nitrogens is 2. The number of carbonyl (C=O) groups is 1. The van der Waals surface area contributed by atoms with Gasteiger partial charge in [0.25, 0.3) is 0 Å². The van der Waals surface area contributed by atoms with Crippen molar-refractivity contribution in [2.45, 2.75) is 38.9 Å². The third kappa shape index (κ3) is 3.84. The Balaban J connectivity index is 1.35. The van der Waals surface area contributed by atoms with E-state index in [-0.39, 0.29) is 18.6 Å². The predicted octanol–water partition coefficient (Wildman–Crippen LogP) is 2.45. The molecular weight excluding hydrogens is 348 g/mol. The summed E-state index contributed by atoms with van der Waals surface area (Å²) in [6.07, 6.45) is 6.06. The molecule has 1 fully saturated rings.